The number of hydrogen-bond acceptors (Lipinski definition) is 2. The van der Waals surface area contributed by atoms with Crippen molar-refractivity contribution in [3.63, 3.8) is 0 Å². The van der Waals surface area contributed by atoms with E-state index in [-0.39, 0.29) is 5.92 Å². The van der Waals surface area contributed by atoms with Crippen molar-refractivity contribution in [3.05, 3.63) is 89.1 Å². The first-order chi connectivity index (χ1) is 10.3. The molecule has 1 N–H and O–H groups in total. The summed E-state index contributed by atoms with van der Waals surface area (Å²) < 4.78 is 0.923. The Bertz CT molecular complexity index is 649. The molecule has 21 heavy (non-hydrogen) atoms. The molecule has 0 aliphatic carbocycles. The molecule has 2 aromatic rings. The van der Waals surface area contributed by atoms with Crippen LogP contribution in [0, 0.1) is 11.1 Å². The monoisotopic (exact) mass is 279 g/mol. The summed E-state index contributed by atoms with van der Waals surface area (Å²) in [6.07, 6.45) is 4.41. The summed E-state index contributed by atoms with van der Waals surface area (Å²) in [6.45, 7) is 0. The fourth-order valence-electron chi connectivity index (χ4n) is 2.80. The van der Waals surface area contributed by atoms with Crippen LogP contribution >= 0.6 is 0 Å². The molecule has 0 fully saturated rings. The molecule has 0 bridgehead atoms. The van der Waals surface area contributed by atoms with Gasteiger partial charge in [-0.1, -0.05) is 66.7 Å². The van der Waals surface area contributed by atoms with E-state index >= 15 is 0 Å². The van der Waals surface area contributed by atoms with Gasteiger partial charge >= 0.3 is 0 Å². The molecule has 1 unspecified atom stereocenters. The predicted octanol–water partition coefficient (Wildman–Crippen LogP) is 3.23. The molecule has 0 radical (unpaired) electrons. The van der Waals surface area contributed by atoms with Gasteiger partial charge in [-0.3, -0.25) is 0 Å². The topological polar surface area (TPSA) is 46.3 Å². The zero-order chi connectivity index (χ0) is 14.7. The molecule has 3 atom stereocenters. The van der Waals surface area contributed by atoms with Crippen LogP contribution in [0.1, 0.15) is 23.3 Å². The molecule has 0 saturated carbocycles. The Hall–Kier alpha value is -2.39. The van der Waals surface area contributed by atoms with Crippen LogP contribution in [0.4, 0.5) is 0 Å². The number of allylic oxidation sites excluding steroid dienone is 1. The lowest BCUT2D eigenvalue weighted by Crippen LogP contribution is -2.29. The highest BCUT2D eigenvalue weighted by molar-refractivity contribution is 5.67. The average Bonchev–Trinajstić information content (AvgIpc) is 2.55. The van der Waals surface area contributed by atoms with Gasteiger partial charge in [0.05, 0.1) is 12.0 Å². The molecule has 2 aromatic carbocycles. The van der Waals surface area contributed by atoms with Crippen molar-refractivity contribution in [1.29, 1.82) is 0 Å². The minimum absolute atomic E-state index is 0.280. The van der Waals surface area contributed by atoms with E-state index in [2.05, 4.69) is 0 Å². The number of aliphatic hydroxyl groups is 1. The third-order valence-corrected chi connectivity index (χ3v) is 3.85. The summed E-state index contributed by atoms with van der Waals surface area (Å²) in [5.41, 5.74) is 1.73. The minimum atomic E-state index is -0.710. The van der Waals surface area contributed by atoms with Gasteiger partial charge in [0.2, 0.25) is 0 Å². The summed E-state index contributed by atoms with van der Waals surface area (Å²) in [4.78, 5) is 0. The largest absolute Gasteiger partial charge is 0.623 e. The van der Waals surface area contributed by atoms with E-state index in [0.29, 0.717) is 0 Å². The normalized spacial score (nSPS) is 22.6. The summed E-state index contributed by atoms with van der Waals surface area (Å²) >= 11 is 0. The number of aliphatic hydroxyl groups excluding tert-OH is 1. The second-order valence-corrected chi connectivity index (χ2v) is 5.18. The molecule has 106 valence electrons. The standard InChI is InChI=1S/C18H17NO2/c20-18(15-10-5-2-6-11-15)16-12-7-13-19(21)17(16)14-8-3-1-4-9-14/h1-13,16-18,20H/t16-,17+,18?/m1/s1. The number of hydroxylamine groups is 1. The summed E-state index contributed by atoms with van der Waals surface area (Å²) in [5, 5.41) is 22.9. The SMILES string of the molecule is [O-][N+]1=CC=C[C@@H](C(O)c2ccccc2)[C@@H]1c1ccccc1. The molecule has 0 spiro atoms. The Balaban J connectivity index is 1.96. The van der Waals surface area contributed by atoms with Crippen molar-refractivity contribution in [2.45, 2.75) is 12.1 Å². The van der Waals surface area contributed by atoms with Crippen LogP contribution in [0.3, 0.4) is 0 Å². The van der Waals surface area contributed by atoms with Gasteiger partial charge in [-0.25, -0.2) is 4.74 Å². The van der Waals surface area contributed by atoms with E-state index in [1.54, 1.807) is 6.08 Å². The smallest absolute Gasteiger partial charge is 0.197 e. The highest BCUT2D eigenvalue weighted by atomic mass is 16.5. The van der Waals surface area contributed by atoms with Crippen LogP contribution in [0.5, 0.6) is 0 Å². The van der Waals surface area contributed by atoms with E-state index < -0.39 is 12.1 Å². The molecule has 0 amide bonds. The van der Waals surface area contributed by atoms with E-state index in [4.69, 9.17) is 0 Å². The Morgan fingerprint density at radius 3 is 2.24 bits per heavy atom. The fourth-order valence-corrected chi connectivity index (χ4v) is 2.80. The Morgan fingerprint density at radius 2 is 1.57 bits per heavy atom. The molecular formula is C18H17NO2. The van der Waals surface area contributed by atoms with Crippen molar-refractivity contribution < 1.29 is 9.85 Å². The van der Waals surface area contributed by atoms with Gasteiger partial charge in [0.15, 0.2) is 12.3 Å². The first kappa shape index (κ1) is 13.6. The Labute approximate surface area is 124 Å². The fraction of sp³-hybridized carbons (Fsp3) is 0.167. The summed E-state index contributed by atoms with van der Waals surface area (Å²) in [7, 11) is 0. The van der Waals surface area contributed by atoms with E-state index in [1.165, 1.54) is 6.21 Å². The predicted molar refractivity (Wildman–Crippen MR) is 82.9 cm³/mol. The van der Waals surface area contributed by atoms with Crippen molar-refractivity contribution in [2.24, 2.45) is 5.92 Å². The second-order valence-electron chi connectivity index (χ2n) is 5.18. The Kier molecular flexibility index (Phi) is 3.84. The number of benzene rings is 2. The highest BCUT2D eigenvalue weighted by Gasteiger charge is 2.35. The first-order valence-corrected chi connectivity index (χ1v) is 7.02. The zero-order valence-electron chi connectivity index (χ0n) is 11.5. The number of rotatable bonds is 3. The van der Waals surface area contributed by atoms with Crippen molar-refractivity contribution in [2.75, 3.05) is 0 Å². The molecule has 1 aliphatic heterocycles. The van der Waals surface area contributed by atoms with Crippen LogP contribution in [0.15, 0.2) is 72.8 Å². The van der Waals surface area contributed by atoms with Crippen LogP contribution in [-0.2, 0) is 0 Å². The van der Waals surface area contributed by atoms with Crippen LogP contribution in [-0.4, -0.2) is 16.1 Å². The van der Waals surface area contributed by atoms with Crippen molar-refractivity contribution >= 4 is 6.21 Å². The second kappa shape index (κ2) is 5.94. The zero-order valence-corrected chi connectivity index (χ0v) is 11.5. The summed E-state index contributed by atoms with van der Waals surface area (Å²) in [6, 6.07) is 18.6. The molecule has 1 heterocycles. The van der Waals surface area contributed by atoms with Gasteiger partial charge in [0, 0.05) is 5.56 Å². The first-order valence-electron chi connectivity index (χ1n) is 7.02. The maximum absolute atomic E-state index is 12.2. The summed E-state index contributed by atoms with van der Waals surface area (Å²) in [5.74, 6) is -0.280. The van der Waals surface area contributed by atoms with Crippen LogP contribution in [0.2, 0.25) is 0 Å². The van der Waals surface area contributed by atoms with Gasteiger partial charge in [0.1, 0.15) is 0 Å². The minimum Gasteiger partial charge on any atom is -0.623 e. The average molecular weight is 279 g/mol. The third kappa shape index (κ3) is 2.73. The van der Waals surface area contributed by atoms with Crippen molar-refractivity contribution in [1.82, 2.24) is 0 Å². The molecular weight excluding hydrogens is 262 g/mol. The van der Waals surface area contributed by atoms with Gasteiger partial charge in [0.25, 0.3) is 0 Å². The molecule has 3 nitrogen and oxygen atoms in total. The van der Waals surface area contributed by atoms with E-state index in [9.17, 15) is 10.3 Å². The van der Waals surface area contributed by atoms with Gasteiger partial charge in [-0.15, -0.1) is 0 Å². The van der Waals surface area contributed by atoms with Crippen LogP contribution < -0.4 is 0 Å². The lowest BCUT2D eigenvalue weighted by Gasteiger charge is -2.29. The maximum atomic E-state index is 12.2. The number of hydrogen-bond donors (Lipinski definition) is 1. The van der Waals surface area contributed by atoms with Crippen LogP contribution in [0.25, 0.3) is 0 Å². The van der Waals surface area contributed by atoms with E-state index in [1.807, 2.05) is 66.7 Å². The third-order valence-electron chi connectivity index (χ3n) is 3.85. The highest BCUT2D eigenvalue weighted by Crippen LogP contribution is 2.37. The molecule has 0 aromatic heterocycles. The van der Waals surface area contributed by atoms with Gasteiger partial charge in [-0.2, -0.15) is 0 Å². The van der Waals surface area contributed by atoms with Gasteiger partial charge in [-0.05, 0) is 11.6 Å². The molecule has 3 heteroatoms. The molecule has 1 aliphatic rings. The van der Waals surface area contributed by atoms with Gasteiger partial charge < -0.3 is 10.3 Å². The lowest BCUT2D eigenvalue weighted by atomic mass is 9.84. The lowest BCUT2D eigenvalue weighted by molar-refractivity contribution is -0.515. The van der Waals surface area contributed by atoms with E-state index in [0.717, 1.165) is 15.9 Å². The van der Waals surface area contributed by atoms with Crippen molar-refractivity contribution in [3.8, 4) is 0 Å². The molecule has 0 saturated heterocycles. The number of nitrogens with zero attached hydrogens (tertiary/aromatic N) is 1. The quantitative estimate of drug-likeness (QED) is 0.692. The Morgan fingerprint density at radius 1 is 0.952 bits per heavy atom. The molecule has 3 rings (SSSR count). The maximum Gasteiger partial charge on any atom is 0.197 e.